The van der Waals surface area contributed by atoms with E-state index in [1.165, 1.54) is 21.5 Å². The number of nitrogens with zero attached hydrogens (tertiary/aromatic N) is 2. The van der Waals surface area contributed by atoms with Crippen molar-refractivity contribution in [1.29, 1.82) is 0 Å². The zero-order chi connectivity index (χ0) is 33.2. The second-order valence-electron chi connectivity index (χ2n) is 13.5. The summed E-state index contributed by atoms with van der Waals surface area (Å²) >= 11 is 0. The van der Waals surface area contributed by atoms with Gasteiger partial charge in [-0.3, -0.25) is 4.40 Å². The van der Waals surface area contributed by atoms with Crippen LogP contribution in [0.3, 0.4) is 0 Å². The van der Waals surface area contributed by atoms with Crippen LogP contribution < -0.4 is 0 Å². The molecule has 4 aromatic heterocycles. The van der Waals surface area contributed by atoms with Crippen LogP contribution in [0, 0.1) is 0 Å². The molecule has 0 aliphatic rings. The van der Waals surface area contributed by atoms with Gasteiger partial charge in [0.2, 0.25) is 0 Å². The van der Waals surface area contributed by atoms with Crippen LogP contribution in [0.1, 0.15) is 0 Å². The molecule has 4 nitrogen and oxygen atoms in total. The summed E-state index contributed by atoms with van der Waals surface area (Å²) in [5.74, 6) is 0. The SMILES string of the molecule is c1ccc2c(c1)ccc1oc3cc(-c4ccc(-c5ccc6c(c5)c5ccccc5n5c7ccccc7nc65)cc4)c4oc5ccccc5c4c3c12. The molecule has 0 saturated heterocycles. The molecular formula is C47H26N2O2. The molecule has 0 atom stereocenters. The number of furan rings is 2. The number of fused-ring (bicyclic) bond motifs is 17. The topological polar surface area (TPSA) is 43.6 Å². The molecule has 0 fully saturated rings. The molecule has 8 aromatic carbocycles. The first-order valence-corrected chi connectivity index (χ1v) is 17.3. The molecule has 0 amide bonds. The molecule has 0 bridgehead atoms. The Labute approximate surface area is 290 Å². The Morgan fingerprint density at radius 2 is 1.14 bits per heavy atom. The molecule has 0 spiro atoms. The van der Waals surface area contributed by atoms with E-state index in [9.17, 15) is 0 Å². The van der Waals surface area contributed by atoms with E-state index in [1.807, 2.05) is 6.07 Å². The highest BCUT2D eigenvalue weighted by atomic mass is 16.3. The molecule has 236 valence electrons. The lowest BCUT2D eigenvalue weighted by molar-refractivity contribution is 0.664. The predicted molar refractivity (Wildman–Crippen MR) is 211 cm³/mol. The lowest BCUT2D eigenvalue weighted by atomic mass is 9.94. The van der Waals surface area contributed by atoms with Gasteiger partial charge in [0.25, 0.3) is 0 Å². The van der Waals surface area contributed by atoms with Crippen molar-refractivity contribution in [2.75, 3.05) is 0 Å². The summed E-state index contributed by atoms with van der Waals surface area (Å²) in [6.07, 6.45) is 0. The molecule has 0 saturated carbocycles. The third-order valence-electron chi connectivity index (χ3n) is 10.8. The highest BCUT2D eigenvalue weighted by Crippen LogP contribution is 2.46. The van der Waals surface area contributed by atoms with Crippen molar-refractivity contribution in [3.8, 4) is 22.3 Å². The number of hydrogen-bond donors (Lipinski definition) is 0. The molecule has 12 aromatic rings. The predicted octanol–water partition coefficient (Wildman–Crippen LogP) is 13.1. The van der Waals surface area contributed by atoms with Crippen molar-refractivity contribution in [1.82, 2.24) is 9.38 Å². The second-order valence-corrected chi connectivity index (χ2v) is 13.5. The molecule has 0 aliphatic carbocycles. The first kappa shape index (κ1) is 27.0. The van der Waals surface area contributed by atoms with Gasteiger partial charge in [-0.15, -0.1) is 0 Å². The maximum absolute atomic E-state index is 6.69. The third-order valence-corrected chi connectivity index (χ3v) is 10.8. The monoisotopic (exact) mass is 650 g/mol. The molecule has 0 radical (unpaired) electrons. The van der Waals surface area contributed by atoms with Crippen LogP contribution in [0.25, 0.3) is 115 Å². The summed E-state index contributed by atoms with van der Waals surface area (Å²) in [5, 5.41) is 10.3. The number of imidazole rings is 1. The Balaban J connectivity index is 1.06. The number of hydrogen-bond acceptors (Lipinski definition) is 3. The first-order valence-electron chi connectivity index (χ1n) is 17.3. The van der Waals surface area contributed by atoms with Crippen LogP contribution >= 0.6 is 0 Å². The van der Waals surface area contributed by atoms with Crippen LogP contribution in [-0.4, -0.2) is 9.38 Å². The minimum atomic E-state index is 0.860. The van der Waals surface area contributed by atoms with Crippen LogP contribution in [0.15, 0.2) is 167 Å². The van der Waals surface area contributed by atoms with E-state index in [-0.39, 0.29) is 0 Å². The summed E-state index contributed by atoms with van der Waals surface area (Å²) < 4.78 is 15.6. The lowest BCUT2D eigenvalue weighted by Crippen LogP contribution is -1.91. The molecule has 4 heterocycles. The van der Waals surface area contributed by atoms with E-state index in [0.717, 1.165) is 93.7 Å². The fourth-order valence-corrected chi connectivity index (χ4v) is 8.46. The van der Waals surface area contributed by atoms with Gasteiger partial charge in [0.15, 0.2) is 0 Å². The molecular weight excluding hydrogens is 625 g/mol. The van der Waals surface area contributed by atoms with E-state index in [2.05, 4.69) is 156 Å². The maximum atomic E-state index is 6.69. The second kappa shape index (κ2) is 9.84. The van der Waals surface area contributed by atoms with Crippen molar-refractivity contribution < 1.29 is 8.83 Å². The number of aromatic nitrogens is 2. The Kier molecular flexibility index (Phi) is 5.20. The van der Waals surface area contributed by atoms with Crippen molar-refractivity contribution in [2.24, 2.45) is 0 Å². The highest BCUT2D eigenvalue weighted by Gasteiger charge is 2.22. The van der Waals surface area contributed by atoms with Gasteiger partial charge in [-0.25, -0.2) is 4.98 Å². The summed E-state index contributed by atoms with van der Waals surface area (Å²) in [6, 6.07) is 55.8. The molecule has 51 heavy (non-hydrogen) atoms. The van der Waals surface area contributed by atoms with E-state index < -0.39 is 0 Å². The normalized spacial score (nSPS) is 12.3. The lowest BCUT2D eigenvalue weighted by Gasteiger charge is -2.11. The average molecular weight is 651 g/mol. The summed E-state index contributed by atoms with van der Waals surface area (Å²) in [5.41, 5.74) is 12.2. The zero-order valence-corrected chi connectivity index (χ0v) is 27.2. The van der Waals surface area contributed by atoms with E-state index in [0.29, 0.717) is 0 Å². The minimum Gasteiger partial charge on any atom is -0.456 e. The molecule has 0 aliphatic heterocycles. The Morgan fingerprint density at radius 1 is 0.412 bits per heavy atom. The zero-order valence-electron chi connectivity index (χ0n) is 27.2. The smallest absolute Gasteiger partial charge is 0.146 e. The van der Waals surface area contributed by atoms with E-state index in [4.69, 9.17) is 13.8 Å². The molecule has 0 unspecified atom stereocenters. The van der Waals surface area contributed by atoms with Gasteiger partial charge in [0.05, 0.1) is 16.6 Å². The Bertz CT molecular complexity index is 3420. The molecule has 12 rings (SSSR count). The summed E-state index contributed by atoms with van der Waals surface area (Å²) in [7, 11) is 0. The van der Waals surface area contributed by atoms with Gasteiger partial charge < -0.3 is 8.83 Å². The number of rotatable bonds is 2. The number of para-hydroxylation sites is 4. The van der Waals surface area contributed by atoms with Crippen LogP contribution in [0.5, 0.6) is 0 Å². The van der Waals surface area contributed by atoms with Gasteiger partial charge in [0, 0.05) is 37.9 Å². The van der Waals surface area contributed by atoms with Gasteiger partial charge >= 0.3 is 0 Å². The van der Waals surface area contributed by atoms with Crippen LogP contribution in [0.2, 0.25) is 0 Å². The van der Waals surface area contributed by atoms with Crippen molar-refractivity contribution in [3.63, 3.8) is 0 Å². The molecule has 4 heteroatoms. The summed E-state index contributed by atoms with van der Waals surface area (Å²) in [6.45, 7) is 0. The minimum absolute atomic E-state index is 0.860. The van der Waals surface area contributed by atoms with Crippen molar-refractivity contribution >= 4 is 93.0 Å². The molecule has 0 N–H and O–H groups in total. The van der Waals surface area contributed by atoms with E-state index in [1.54, 1.807) is 0 Å². The quantitative estimate of drug-likeness (QED) is 0.175. The Hall–Kier alpha value is -6.91. The maximum Gasteiger partial charge on any atom is 0.146 e. The number of pyridine rings is 1. The van der Waals surface area contributed by atoms with Crippen molar-refractivity contribution in [2.45, 2.75) is 0 Å². The van der Waals surface area contributed by atoms with Gasteiger partial charge in [-0.05, 0) is 81.4 Å². The van der Waals surface area contributed by atoms with Gasteiger partial charge in [0.1, 0.15) is 28.0 Å². The largest absolute Gasteiger partial charge is 0.456 e. The first-order chi connectivity index (χ1) is 25.3. The fourth-order valence-electron chi connectivity index (χ4n) is 8.46. The Morgan fingerprint density at radius 3 is 2.04 bits per heavy atom. The average Bonchev–Trinajstić information content (AvgIpc) is 3.89. The number of benzene rings is 8. The van der Waals surface area contributed by atoms with Gasteiger partial charge in [-0.1, -0.05) is 109 Å². The van der Waals surface area contributed by atoms with Gasteiger partial charge in [-0.2, -0.15) is 0 Å². The van der Waals surface area contributed by atoms with Crippen molar-refractivity contribution in [3.05, 3.63) is 158 Å². The third kappa shape index (κ3) is 3.65. The van der Waals surface area contributed by atoms with Crippen LogP contribution in [-0.2, 0) is 0 Å². The standard InChI is InChI=1S/C47H26N2O2/c1-2-10-31-28(9-1)22-24-41-43(31)45-42(50-41)26-35(46-44(45)34-12-4-8-16-40(34)51-46)29-19-17-27(18-20-29)30-21-23-33-36(25-30)32-11-3-6-14-38(32)49-39-15-7-5-13-37(39)48-47(33)49/h1-26H. The van der Waals surface area contributed by atoms with E-state index >= 15 is 0 Å². The highest BCUT2D eigenvalue weighted by molar-refractivity contribution is 6.32. The van der Waals surface area contributed by atoms with Crippen LogP contribution in [0.4, 0.5) is 0 Å². The fraction of sp³-hybridized carbons (Fsp3) is 0. The summed E-state index contributed by atoms with van der Waals surface area (Å²) in [4.78, 5) is 5.08.